The fraction of sp³-hybridized carbons (Fsp3) is 0.0952. The zero-order chi connectivity index (χ0) is 20.9. The Hall–Kier alpha value is -3.20. The van der Waals surface area contributed by atoms with Crippen LogP contribution in [0.15, 0.2) is 83.8 Å². The standard InChI is InChI=1S/C21H20N2O5S/c1-23(27-2)29(25,26)20-13-11-16(12-14-20)21(24)22-17-7-6-10-19(15-17)28-18-8-4-3-5-9-18/h3-15H,1-2H3,(H,22,24). The van der Waals surface area contributed by atoms with E-state index in [0.717, 1.165) is 4.47 Å². The van der Waals surface area contributed by atoms with Crippen molar-refractivity contribution >= 4 is 21.6 Å². The van der Waals surface area contributed by atoms with Gasteiger partial charge in [0.2, 0.25) is 0 Å². The number of benzene rings is 3. The molecule has 3 rings (SSSR count). The molecule has 0 unspecified atom stereocenters. The van der Waals surface area contributed by atoms with Crippen LogP contribution < -0.4 is 10.1 Å². The third kappa shape index (κ3) is 5.00. The summed E-state index contributed by atoms with van der Waals surface area (Å²) in [6, 6.07) is 21.9. The molecule has 8 heteroatoms. The van der Waals surface area contributed by atoms with Crippen molar-refractivity contribution in [3.05, 3.63) is 84.4 Å². The second kappa shape index (κ2) is 8.87. The number of hydrogen-bond acceptors (Lipinski definition) is 5. The van der Waals surface area contributed by atoms with E-state index in [4.69, 9.17) is 9.57 Å². The minimum Gasteiger partial charge on any atom is -0.457 e. The summed E-state index contributed by atoms with van der Waals surface area (Å²) in [7, 11) is -1.21. The molecule has 1 N–H and O–H groups in total. The first-order valence-electron chi connectivity index (χ1n) is 8.67. The first-order chi connectivity index (χ1) is 13.9. The molecule has 150 valence electrons. The van der Waals surface area contributed by atoms with Gasteiger partial charge in [-0.2, -0.15) is 0 Å². The Balaban J connectivity index is 1.71. The number of nitrogens with one attached hydrogen (secondary N) is 1. The second-order valence-corrected chi connectivity index (χ2v) is 7.95. The number of para-hydroxylation sites is 1. The van der Waals surface area contributed by atoms with Crippen molar-refractivity contribution < 1.29 is 22.8 Å². The molecule has 0 saturated carbocycles. The first-order valence-corrected chi connectivity index (χ1v) is 10.1. The zero-order valence-corrected chi connectivity index (χ0v) is 16.7. The Morgan fingerprint density at radius 1 is 0.897 bits per heavy atom. The maximum absolute atomic E-state index is 12.5. The van der Waals surface area contributed by atoms with Crippen LogP contribution in [-0.2, 0) is 14.9 Å². The van der Waals surface area contributed by atoms with Crippen LogP contribution >= 0.6 is 0 Å². The van der Waals surface area contributed by atoms with E-state index in [2.05, 4.69) is 5.32 Å². The number of carbonyl (C=O) groups excluding carboxylic acids is 1. The van der Waals surface area contributed by atoms with Gasteiger partial charge in [-0.15, -0.1) is 0 Å². The molecule has 0 aromatic heterocycles. The Morgan fingerprint density at radius 3 is 2.21 bits per heavy atom. The van der Waals surface area contributed by atoms with Gasteiger partial charge in [-0.3, -0.25) is 9.63 Å². The second-order valence-electron chi connectivity index (χ2n) is 6.02. The highest BCUT2D eigenvalue weighted by Gasteiger charge is 2.21. The molecule has 0 aliphatic rings. The highest BCUT2D eigenvalue weighted by molar-refractivity contribution is 7.89. The fourth-order valence-electron chi connectivity index (χ4n) is 2.49. The van der Waals surface area contributed by atoms with Crippen molar-refractivity contribution in [1.29, 1.82) is 0 Å². The lowest BCUT2D eigenvalue weighted by Gasteiger charge is -2.14. The average Bonchev–Trinajstić information content (AvgIpc) is 2.74. The third-order valence-electron chi connectivity index (χ3n) is 4.08. The van der Waals surface area contributed by atoms with Crippen LogP contribution in [0.5, 0.6) is 11.5 Å². The first kappa shape index (κ1) is 20.5. The number of sulfonamides is 1. The largest absolute Gasteiger partial charge is 0.457 e. The number of hydroxylamine groups is 1. The molecule has 0 atom stereocenters. The zero-order valence-electron chi connectivity index (χ0n) is 15.9. The number of anilines is 1. The van der Waals surface area contributed by atoms with Crippen molar-refractivity contribution in [2.24, 2.45) is 0 Å². The Kier molecular flexibility index (Phi) is 6.28. The van der Waals surface area contributed by atoms with Crippen LogP contribution in [0.25, 0.3) is 0 Å². The summed E-state index contributed by atoms with van der Waals surface area (Å²) >= 11 is 0. The molecule has 0 aliphatic heterocycles. The molecule has 0 fully saturated rings. The van der Waals surface area contributed by atoms with Crippen LogP contribution in [-0.4, -0.2) is 33.0 Å². The summed E-state index contributed by atoms with van der Waals surface area (Å²) in [5, 5.41) is 2.77. The van der Waals surface area contributed by atoms with E-state index in [-0.39, 0.29) is 10.8 Å². The van der Waals surface area contributed by atoms with Gasteiger partial charge in [0.15, 0.2) is 0 Å². The van der Waals surface area contributed by atoms with E-state index in [9.17, 15) is 13.2 Å². The van der Waals surface area contributed by atoms with Gasteiger partial charge < -0.3 is 10.1 Å². The van der Waals surface area contributed by atoms with Crippen LogP contribution in [0.1, 0.15) is 10.4 Å². The van der Waals surface area contributed by atoms with Crippen molar-refractivity contribution in [1.82, 2.24) is 4.47 Å². The maximum Gasteiger partial charge on any atom is 0.264 e. The summed E-state index contributed by atoms with van der Waals surface area (Å²) in [4.78, 5) is 17.3. The normalized spacial score (nSPS) is 11.3. The van der Waals surface area contributed by atoms with Gasteiger partial charge in [-0.1, -0.05) is 28.7 Å². The lowest BCUT2D eigenvalue weighted by molar-refractivity contribution is -0.0258. The lowest BCUT2D eigenvalue weighted by atomic mass is 10.2. The molecule has 0 aliphatic carbocycles. The fourth-order valence-corrected chi connectivity index (χ4v) is 3.46. The highest BCUT2D eigenvalue weighted by atomic mass is 32.2. The predicted molar refractivity (Wildman–Crippen MR) is 109 cm³/mol. The summed E-state index contributed by atoms with van der Waals surface area (Å²) in [5.74, 6) is 0.901. The molecule has 1 amide bonds. The molecule has 29 heavy (non-hydrogen) atoms. The van der Waals surface area contributed by atoms with Crippen molar-refractivity contribution in [2.45, 2.75) is 4.90 Å². The van der Waals surface area contributed by atoms with Crippen molar-refractivity contribution in [3.63, 3.8) is 0 Å². The van der Waals surface area contributed by atoms with E-state index in [1.165, 1.54) is 38.4 Å². The maximum atomic E-state index is 12.5. The minimum atomic E-state index is -3.76. The van der Waals surface area contributed by atoms with E-state index in [1.54, 1.807) is 24.3 Å². The van der Waals surface area contributed by atoms with Gasteiger partial charge in [0, 0.05) is 24.4 Å². The van der Waals surface area contributed by atoms with E-state index >= 15 is 0 Å². The Bertz CT molecular complexity index is 1080. The lowest BCUT2D eigenvalue weighted by Crippen LogP contribution is -2.25. The average molecular weight is 412 g/mol. The van der Waals surface area contributed by atoms with Gasteiger partial charge in [0.1, 0.15) is 11.5 Å². The molecule has 3 aromatic carbocycles. The number of amides is 1. The van der Waals surface area contributed by atoms with Crippen LogP contribution in [0, 0.1) is 0 Å². The van der Waals surface area contributed by atoms with Crippen LogP contribution in [0.4, 0.5) is 5.69 Å². The van der Waals surface area contributed by atoms with Crippen molar-refractivity contribution in [2.75, 3.05) is 19.5 Å². The van der Waals surface area contributed by atoms with Crippen molar-refractivity contribution in [3.8, 4) is 11.5 Å². The van der Waals surface area contributed by atoms with E-state index in [1.807, 2.05) is 30.3 Å². The van der Waals surface area contributed by atoms with E-state index < -0.39 is 10.0 Å². The van der Waals surface area contributed by atoms with E-state index in [0.29, 0.717) is 22.7 Å². The third-order valence-corrected chi connectivity index (χ3v) is 5.77. The highest BCUT2D eigenvalue weighted by Crippen LogP contribution is 2.24. The minimum absolute atomic E-state index is 0.0247. The molecular formula is C21H20N2O5S. The summed E-state index contributed by atoms with van der Waals surface area (Å²) in [6.45, 7) is 0. The number of carbonyl (C=O) groups is 1. The molecular weight excluding hydrogens is 392 g/mol. The van der Waals surface area contributed by atoms with Gasteiger partial charge in [0.05, 0.1) is 12.0 Å². The molecule has 0 bridgehead atoms. The molecule has 0 radical (unpaired) electrons. The SMILES string of the molecule is CON(C)S(=O)(=O)c1ccc(C(=O)Nc2cccc(Oc3ccccc3)c2)cc1. The summed E-state index contributed by atoms with van der Waals surface area (Å²) in [6.07, 6.45) is 0. The van der Waals surface area contributed by atoms with Crippen LogP contribution in [0.3, 0.4) is 0 Å². The number of hydrogen-bond donors (Lipinski definition) is 1. The predicted octanol–water partition coefficient (Wildman–Crippen LogP) is 3.91. The number of nitrogens with zero attached hydrogens (tertiary/aromatic N) is 1. The number of rotatable bonds is 7. The smallest absolute Gasteiger partial charge is 0.264 e. The van der Waals surface area contributed by atoms with Gasteiger partial charge >= 0.3 is 0 Å². The van der Waals surface area contributed by atoms with Crippen LogP contribution in [0.2, 0.25) is 0 Å². The molecule has 0 spiro atoms. The Morgan fingerprint density at radius 2 is 1.55 bits per heavy atom. The topological polar surface area (TPSA) is 84.9 Å². The molecule has 0 heterocycles. The molecule has 3 aromatic rings. The molecule has 7 nitrogen and oxygen atoms in total. The van der Waals surface area contributed by atoms with Gasteiger partial charge in [-0.05, 0) is 48.5 Å². The van der Waals surface area contributed by atoms with Gasteiger partial charge in [0.25, 0.3) is 15.9 Å². The molecule has 0 saturated heterocycles. The summed E-state index contributed by atoms with van der Waals surface area (Å²) in [5.41, 5.74) is 0.873. The monoisotopic (exact) mass is 412 g/mol. The number of ether oxygens (including phenoxy) is 1. The summed E-state index contributed by atoms with van der Waals surface area (Å²) < 4.78 is 30.9. The quantitative estimate of drug-likeness (QED) is 0.595. The van der Waals surface area contributed by atoms with Gasteiger partial charge in [-0.25, -0.2) is 8.42 Å². The Labute approximate surface area is 169 Å².